The van der Waals surface area contributed by atoms with Crippen LogP contribution < -0.4 is 5.32 Å². The Kier molecular flexibility index (Phi) is 5.06. The summed E-state index contributed by atoms with van der Waals surface area (Å²) in [6.07, 6.45) is 2.27. The van der Waals surface area contributed by atoms with E-state index in [0.717, 1.165) is 32.5 Å². The summed E-state index contributed by atoms with van der Waals surface area (Å²) in [5.74, 6) is 0.827. The molecule has 2 saturated heterocycles. The smallest absolute Gasteiger partial charge is 0.232 e. The van der Waals surface area contributed by atoms with Crippen LogP contribution in [0, 0.1) is 16.7 Å². The van der Waals surface area contributed by atoms with E-state index in [9.17, 15) is 9.59 Å². The topological polar surface area (TPSA) is 52.7 Å². The van der Waals surface area contributed by atoms with Gasteiger partial charge in [-0.25, -0.2) is 0 Å². The number of likely N-dealkylation sites (tertiary alicyclic amines) is 2. The summed E-state index contributed by atoms with van der Waals surface area (Å²) < 4.78 is 0. The normalized spacial score (nSPS) is 26.9. The third-order valence-corrected chi connectivity index (χ3v) is 6.16. The van der Waals surface area contributed by atoms with E-state index in [1.165, 1.54) is 0 Å². The van der Waals surface area contributed by atoms with Crippen molar-refractivity contribution in [2.24, 2.45) is 16.7 Å². The number of amides is 2. The second kappa shape index (κ2) is 6.32. The fourth-order valence-corrected chi connectivity index (χ4v) is 3.53. The van der Waals surface area contributed by atoms with Crippen LogP contribution in [0.15, 0.2) is 0 Å². The highest BCUT2D eigenvalue weighted by molar-refractivity contribution is 5.90. The highest BCUT2D eigenvalue weighted by atomic mass is 16.2. The minimum atomic E-state index is -0.339. The fraction of sp³-hybridized carbons (Fsp3) is 0.895. The van der Waals surface area contributed by atoms with Crippen LogP contribution in [0.2, 0.25) is 0 Å². The Morgan fingerprint density at radius 2 is 1.88 bits per heavy atom. The number of nitrogens with zero attached hydrogens (tertiary/aromatic N) is 2. The molecule has 0 unspecified atom stereocenters. The number of rotatable bonds is 4. The molecule has 5 heteroatoms. The zero-order valence-corrected chi connectivity index (χ0v) is 16.5. The van der Waals surface area contributed by atoms with E-state index in [1.807, 2.05) is 39.5 Å². The van der Waals surface area contributed by atoms with Gasteiger partial charge in [0.1, 0.15) is 0 Å². The Bertz CT molecular complexity index is 505. The van der Waals surface area contributed by atoms with Crippen LogP contribution in [0.3, 0.4) is 0 Å². The van der Waals surface area contributed by atoms with Crippen molar-refractivity contribution in [1.82, 2.24) is 15.1 Å². The summed E-state index contributed by atoms with van der Waals surface area (Å²) >= 11 is 0. The maximum Gasteiger partial charge on any atom is 0.232 e. The molecule has 0 aliphatic carbocycles. The summed E-state index contributed by atoms with van der Waals surface area (Å²) in [5.41, 5.74) is -0.714. The van der Waals surface area contributed by atoms with Gasteiger partial charge in [0.15, 0.2) is 0 Å². The number of β-lactam (4-membered cyclic amide) rings is 1. The summed E-state index contributed by atoms with van der Waals surface area (Å²) in [7, 11) is 0. The molecule has 138 valence electrons. The molecule has 2 heterocycles. The molecule has 2 rings (SSSR count). The van der Waals surface area contributed by atoms with E-state index in [-0.39, 0.29) is 28.2 Å². The Morgan fingerprint density at radius 3 is 2.42 bits per heavy atom. The van der Waals surface area contributed by atoms with Gasteiger partial charge in [0, 0.05) is 18.5 Å². The first-order valence-electron chi connectivity index (χ1n) is 9.20. The van der Waals surface area contributed by atoms with Crippen molar-refractivity contribution in [2.75, 3.05) is 26.3 Å². The van der Waals surface area contributed by atoms with Crippen LogP contribution in [0.5, 0.6) is 0 Å². The first-order valence-corrected chi connectivity index (χ1v) is 9.20. The van der Waals surface area contributed by atoms with Gasteiger partial charge >= 0.3 is 0 Å². The number of piperidine rings is 1. The van der Waals surface area contributed by atoms with Crippen LogP contribution in [0.1, 0.15) is 61.3 Å². The molecule has 1 atom stereocenters. The standard InChI is InChI=1S/C19H35N3O2/c1-17(2,3)15(23)20-11-14-9-8-10-21(12-14)13-22-16(24)18(4,5)19(22,6)7/h14H,8-13H2,1-7H3,(H,20,23)/t14-/m0/s1. The van der Waals surface area contributed by atoms with Crippen LogP contribution in [0.4, 0.5) is 0 Å². The Balaban J connectivity index is 1.86. The lowest BCUT2D eigenvalue weighted by Crippen LogP contribution is -2.74. The first kappa shape index (κ1) is 19.2. The molecule has 0 saturated carbocycles. The number of nitrogens with one attached hydrogen (secondary N) is 1. The van der Waals surface area contributed by atoms with E-state index < -0.39 is 0 Å². The van der Waals surface area contributed by atoms with Gasteiger partial charge in [-0.05, 0) is 53.0 Å². The van der Waals surface area contributed by atoms with Crippen LogP contribution in [0.25, 0.3) is 0 Å². The predicted molar refractivity (Wildman–Crippen MR) is 96.3 cm³/mol. The molecule has 0 spiro atoms. The molecule has 2 fully saturated rings. The zero-order chi connectivity index (χ0) is 18.3. The number of carbonyl (C=O) groups excluding carboxylic acids is 2. The van der Waals surface area contributed by atoms with Gasteiger partial charge in [-0.2, -0.15) is 0 Å². The minimum Gasteiger partial charge on any atom is -0.355 e. The summed E-state index contributed by atoms with van der Waals surface area (Å²) in [6.45, 7) is 17.6. The van der Waals surface area contributed by atoms with Gasteiger partial charge in [0.25, 0.3) is 0 Å². The maximum atomic E-state index is 12.4. The highest BCUT2D eigenvalue weighted by Crippen LogP contribution is 2.47. The van der Waals surface area contributed by atoms with Gasteiger partial charge in [-0.15, -0.1) is 0 Å². The molecule has 2 aliphatic rings. The van der Waals surface area contributed by atoms with Crippen LogP contribution >= 0.6 is 0 Å². The predicted octanol–water partition coefficient (Wildman–Crippen LogP) is 2.47. The molecule has 2 amide bonds. The van der Waals surface area contributed by atoms with Crippen molar-refractivity contribution in [1.29, 1.82) is 0 Å². The van der Waals surface area contributed by atoms with Gasteiger partial charge in [-0.3, -0.25) is 14.5 Å². The molecule has 2 aliphatic heterocycles. The van der Waals surface area contributed by atoms with Gasteiger partial charge < -0.3 is 10.2 Å². The van der Waals surface area contributed by atoms with Gasteiger partial charge in [-0.1, -0.05) is 20.8 Å². The molecule has 24 heavy (non-hydrogen) atoms. The average Bonchev–Trinajstić information content (AvgIpc) is 2.48. The molecule has 0 aromatic heterocycles. The molecule has 0 radical (unpaired) electrons. The lowest BCUT2D eigenvalue weighted by atomic mass is 9.64. The SMILES string of the molecule is CC(C)(C)C(=O)NC[C@@H]1CCCN(CN2C(=O)C(C)(C)C2(C)C)C1. The largest absolute Gasteiger partial charge is 0.355 e. The molecule has 0 aromatic carbocycles. The summed E-state index contributed by atoms with van der Waals surface area (Å²) in [4.78, 5) is 28.8. The molecule has 5 nitrogen and oxygen atoms in total. The Morgan fingerprint density at radius 1 is 1.25 bits per heavy atom. The maximum absolute atomic E-state index is 12.4. The quantitative estimate of drug-likeness (QED) is 0.802. The van der Waals surface area contributed by atoms with Gasteiger partial charge in [0.05, 0.1) is 17.6 Å². The zero-order valence-electron chi connectivity index (χ0n) is 16.5. The van der Waals surface area contributed by atoms with Crippen molar-refractivity contribution in [3.05, 3.63) is 0 Å². The lowest BCUT2D eigenvalue weighted by Gasteiger charge is -2.61. The van der Waals surface area contributed by atoms with Crippen molar-refractivity contribution >= 4 is 11.8 Å². The molecule has 1 N–H and O–H groups in total. The molecular weight excluding hydrogens is 302 g/mol. The van der Waals surface area contributed by atoms with E-state index >= 15 is 0 Å². The first-order chi connectivity index (χ1) is 10.9. The second-order valence-corrected chi connectivity index (χ2v) is 9.60. The highest BCUT2D eigenvalue weighted by Gasteiger charge is 2.60. The Labute approximate surface area is 147 Å². The fourth-order valence-electron chi connectivity index (χ4n) is 3.53. The summed E-state index contributed by atoms with van der Waals surface area (Å²) in [6, 6.07) is 0. The number of hydrogen-bond acceptors (Lipinski definition) is 3. The van der Waals surface area contributed by atoms with E-state index in [4.69, 9.17) is 0 Å². The molecule has 0 bridgehead atoms. The van der Waals surface area contributed by atoms with E-state index in [2.05, 4.69) is 24.1 Å². The van der Waals surface area contributed by atoms with Crippen molar-refractivity contribution in [3.8, 4) is 0 Å². The minimum absolute atomic E-state index is 0.0997. The lowest BCUT2D eigenvalue weighted by molar-refractivity contribution is -0.189. The van der Waals surface area contributed by atoms with Crippen molar-refractivity contribution in [3.63, 3.8) is 0 Å². The third-order valence-electron chi connectivity index (χ3n) is 6.16. The molecule has 0 aromatic rings. The van der Waals surface area contributed by atoms with Crippen molar-refractivity contribution in [2.45, 2.75) is 66.8 Å². The summed E-state index contributed by atoms with van der Waals surface area (Å²) in [5, 5.41) is 3.09. The molecular formula is C19H35N3O2. The Hall–Kier alpha value is -1.10. The monoisotopic (exact) mass is 337 g/mol. The van der Waals surface area contributed by atoms with Crippen LogP contribution in [-0.4, -0.2) is 53.5 Å². The average molecular weight is 338 g/mol. The van der Waals surface area contributed by atoms with Crippen molar-refractivity contribution < 1.29 is 9.59 Å². The number of hydrogen-bond donors (Lipinski definition) is 1. The number of carbonyl (C=O) groups is 2. The third kappa shape index (κ3) is 3.46. The second-order valence-electron chi connectivity index (χ2n) is 9.60. The van der Waals surface area contributed by atoms with Gasteiger partial charge in [0.2, 0.25) is 11.8 Å². The van der Waals surface area contributed by atoms with Crippen LogP contribution in [-0.2, 0) is 9.59 Å². The van der Waals surface area contributed by atoms with E-state index in [0.29, 0.717) is 12.6 Å². The van der Waals surface area contributed by atoms with E-state index in [1.54, 1.807) is 0 Å².